The molecule has 1 saturated heterocycles. The summed E-state index contributed by atoms with van der Waals surface area (Å²) in [4.78, 5) is 25.5. The van der Waals surface area contributed by atoms with Gasteiger partial charge in [-0.15, -0.1) is 5.10 Å². The van der Waals surface area contributed by atoms with E-state index in [0.717, 1.165) is 11.5 Å². The summed E-state index contributed by atoms with van der Waals surface area (Å²) in [6.45, 7) is 2.56. The van der Waals surface area contributed by atoms with Gasteiger partial charge in [-0.2, -0.15) is 4.68 Å². The first-order valence-electron chi connectivity index (χ1n) is 9.62. The van der Waals surface area contributed by atoms with Gasteiger partial charge in [0.2, 0.25) is 0 Å². The van der Waals surface area contributed by atoms with Crippen LogP contribution in [0.4, 0.5) is 5.82 Å². The number of amides is 1. The molecule has 0 atom stereocenters. The van der Waals surface area contributed by atoms with Gasteiger partial charge in [-0.3, -0.25) is 4.79 Å². The predicted octanol–water partition coefficient (Wildman–Crippen LogP) is 2.83. The third kappa shape index (κ3) is 3.35. The Morgan fingerprint density at radius 2 is 1.63 bits per heavy atom. The molecule has 0 unspecified atom stereocenters. The molecule has 0 radical (unpaired) electrons. The Labute approximate surface area is 177 Å². The molecule has 2 aromatic carbocycles. The van der Waals surface area contributed by atoms with Crippen LogP contribution in [0.5, 0.6) is 0 Å². The van der Waals surface area contributed by atoms with E-state index in [1.165, 1.54) is 6.33 Å². The van der Waals surface area contributed by atoms with Crippen LogP contribution in [0.15, 0.2) is 60.9 Å². The van der Waals surface area contributed by atoms with Gasteiger partial charge in [-0.25, -0.2) is 9.97 Å². The number of hydrogen-bond donors (Lipinski definition) is 0. The summed E-state index contributed by atoms with van der Waals surface area (Å²) in [6.07, 6.45) is 1.52. The molecular weight excluding hydrogens is 402 g/mol. The van der Waals surface area contributed by atoms with Crippen molar-refractivity contribution >= 4 is 34.5 Å². The van der Waals surface area contributed by atoms with Crippen LogP contribution in [0.3, 0.4) is 0 Å². The van der Waals surface area contributed by atoms with Crippen molar-refractivity contribution in [3.05, 3.63) is 71.5 Å². The van der Waals surface area contributed by atoms with Crippen molar-refractivity contribution in [1.82, 2.24) is 29.9 Å². The molecule has 5 rings (SSSR count). The first kappa shape index (κ1) is 18.5. The van der Waals surface area contributed by atoms with Crippen molar-refractivity contribution in [2.24, 2.45) is 0 Å². The van der Waals surface area contributed by atoms with Crippen LogP contribution >= 0.6 is 11.6 Å². The minimum absolute atomic E-state index is 0.0526. The number of aromatic nitrogens is 5. The number of piperazine rings is 1. The fraction of sp³-hybridized carbons (Fsp3) is 0.190. The molecule has 30 heavy (non-hydrogen) atoms. The molecule has 1 amide bonds. The lowest BCUT2D eigenvalue weighted by Crippen LogP contribution is -2.49. The molecule has 0 saturated carbocycles. The van der Waals surface area contributed by atoms with Crippen molar-refractivity contribution in [2.75, 3.05) is 31.1 Å². The van der Waals surface area contributed by atoms with Gasteiger partial charge in [0.1, 0.15) is 6.33 Å². The number of carbonyl (C=O) groups excluding carboxylic acids is 1. The normalized spacial score (nSPS) is 14.3. The highest BCUT2D eigenvalue weighted by molar-refractivity contribution is 6.30. The van der Waals surface area contributed by atoms with E-state index in [2.05, 4.69) is 25.2 Å². The largest absolute Gasteiger partial charge is 0.351 e. The lowest BCUT2D eigenvalue weighted by molar-refractivity contribution is 0.0746. The Morgan fingerprint density at radius 1 is 0.900 bits per heavy atom. The molecule has 8 nitrogen and oxygen atoms in total. The number of hydrogen-bond acceptors (Lipinski definition) is 6. The third-order valence-corrected chi connectivity index (χ3v) is 5.43. The summed E-state index contributed by atoms with van der Waals surface area (Å²) in [7, 11) is 0. The number of carbonyl (C=O) groups is 1. The monoisotopic (exact) mass is 419 g/mol. The van der Waals surface area contributed by atoms with Crippen LogP contribution in [-0.4, -0.2) is 61.9 Å². The fourth-order valence-corrected chi connectivity index (χ4v) is 3.74. The summed E-state index contributed by atoms with van der Waals surface area (Å²) >= 11 is 5.99. The smallest absolute Gasteiger partial charge is 0.253 e. The Balaban J connectivity index is 1.37. The zero-order chi connectivity index (χ0) is 20.5. The maximum absolute atomic E-state index is 12.7. The molecular formula is C21H18ClN7O. The highest BCUT2D eigenvalue weighted by atomic mass is 35.5. The summed E-state index contributed by atoms with van der Waals surface area (Å²) in [6, 6.07) is 16.7. The SMILES string of the molecule is O=C(c1ccccc1)N1CCN(c2ncnc3c2nnn3-c2ccc(Cl)cc2)CC1. The van der Waals surface area contributed by atoms with E-state index in [1.54, 1.807) is 16.8 Å². The third-order valence-electron chi connectivity index (χ3n) is 5.18. The maximum atomic E-state index is 12.7. The molecule has 0 spiro atoms. The Morgan fingerprint density at radius 3 is 2.37 bits per heavy atom. The van der Waals surface area contributed by atoms with Crippen LogP contribution in [-0.2, 0) is 0 Å². The highest BCUT2D eigenvalue weighted by Gasteiger charge is 2.25. The lowest BCUT2D eigenvalue weighted by Gasteiger charge is -2.35. The minimum Gasteiger partial charge on any atom is -0.351 e. The topological polar surface area (TPSA) is 80.0 Å². The van der Waals surface area contributed by atoms with Gasteiger partial charge >= 0.3 is 0 Å². The Bertz CT molecular complexity index is 1190. The summed E-state index contributed by atoms with van der Waals surface area (Å²) < 4.78 is 1.67. The number of anilines is 1. The lowest BCUT2D eigenvalue weighted by atomic mass is 10.2. The van der Waals surface area contributed by atoms with Crippen molar-refractivity contribution in [3.63, 3.8) is 0 Å². The molecule has 4 aromatic rings. The molecule has 2 aromatic heterocycles. The summed E-state index contributed by atoms with van der Waals surface area (Å²) in [5.74, 6) is 0.781. The number of halogens is 1. The highest BCUT2D eigenvalue weighted by Crippen LogP contribution is 2.24. The zero-order valence-corrected chi connectivity index (χ0v) is 16.8. The van der Waals surface area contributed by atoms with Crippen LogP contribution in [0, 0.1) is 0 Å². The maximum Gasteiger partial charge on any atom is 0.253 e. The van der Waals surface area contributed by atoms with Crippen LogP contribution in [0.25, 0.3) is 16.9 Å². The summed E-state index contributed by atoms with van der Waals surface area (Å²) in [5.41, 5.74) is 2.80. The molecule has 1 fully saturated rings. The van der Waals surface area contributed by atoms with Crippen LogP contribution in [0.1, 0.15) is 10.4 Å². The van der Waals surface area contributed by atoms with E-state index in [-0.39, 0.29) is 5.91 Å². The van der Waals surface area contributed by atoms with E-state index in [4.69, 9.17) is 11.6 Å². The molecule has 150 valence electrons. The van der Waals surface area contributed by atoms with Crippen molar-refractivity contribution in [3.8, 4) is 5.69 Å². The van der Waals surface area contributed by atoms with Gasteiger partial charge in [-0.05, 0) is 36.4 Å². The Hall–Kier alpha value is -3.52. The van der Waals surface area contributed by atoms with E-state index in [1.807, 2.05) is 47.4 Å². The average Bonchev–Trinajstić information content (AvgIpc) is 3.24. The van der Waals surface area contributed by atoms with Gasteiger partial charge in [0.15, 0.2) is 17.0 Å². The molecule has 1 aliphatic heterocycles. The first-order valence-corrected chi connectivity index (χ1v) is 10.00. The molecule has 1 aliphatic rings. The number of fused-ring (bicyclic) bond motifs is 1. The van der Waals surface area contributed by atoms with Crippen LogP contribution in [0.2, 0.25) is 5.02 Å². The molecule has 3 heterocycles. The summed E-state index contributed by atoms with van der Waals surface area (Å²) in [5, 5.41) is 9.24. The fourth-order valence-electron chi connectivity index (χ4n) is 3.61. The quantitative estimate of drug-likeness (QED) is 0.508. The number of benzene rings is 2. The van der Waals surface area contributed by atoms with E-state index in [9.17, 15) is 4.79 Å². The second-order valence-corrected chi connectivity index (χ2v) is 7.43. The average molecular weight is 420 g/mol. The van der Waals surface area contributed by atoms with E-state index >= 15 is 0 Å². The predicted molar refractivity (Wildman–Crippen MR) is 114 cm³/mol. The molecule has 0 N–H and O–H groups in total. The van der Waals surface area contributed by atoms with Crippen molar-refractivity contribution in [1.29, 1.82) is 0 Å². The minimum atomic E-state index is 0.0526. The van der Waals surface area contributed by atoms with Crippen molar-refractivity contribution in [2.45, 2.75) is 0 Å². The second-order valence-electron chi connectivity index (χ2n) is 6.99. The standard InChI is InChI=1S/C21H18ClN7O/c22-16-6-8-17(9-7-16)29-20-18(25-26-29)19(23-14-24-20)27-10-12-28(13-11-27)21(30)15-4-2-1-3-5-15/h1-9,14H,10-13H2. The number of nitrogens with zero attached hydrogens (tertiary/aromatic N) is 7. The Kier molecular flexibility index (Phi) is 4.76. The van der Waals surface area contributed by atoms with E-state index < -0.39 is 0 Å². The van der Waals surface area contributed by atoms with Gasteiger partial charge in [0.25, 0.3) is 5.91 Å². The van der Waals surface area contributed by atoms with Crippen LogP contribution < -0.4 is 4.90 Å². The van der Waals surface area contributed by atoms with Crippen molar-refractivity contribution < 1.29 is 4.79 Å². The molecule has 0 aliphatic carbocycles. The van der Waals surface area contributed by atoms with Gasteiger partial charge in [0, 0.05) is 36.8 Å². The molecule has 0 bridgehead atoms. The van der Waals surface area contributed by atoms with Gasteiger partial charge in [-0.1, -0.05) is 35.0 Å². The zero-order valence-electron chi connectivity index (χ0n) is 16.0. The number of rotatable bonds is 3. The van der Waals surface area contributed by atoms with E-state index in [0.29, 0.717) is 47.9 Å². The van der Waals surface area contributed by atoms with Gasteiger partial charge in [0.05, 0.1) is 5.69 Å². The molecule has 9 heteroatoms. The first-order chi connectivity index (χ1) is 14.7. The second kappa shape index (κ2) is 7.72. The van der Waals surface area contributed by atoms with Gasteiger partial charge < -0.3 is 9.80 Å².